The molecule has 0 saturated carbocycles. The Morgan fingerprint density at radius 1 is 0.265 bits per heavy atom. The van der Waals surface area contributed by atoms with Gasteiger partial charge in [0.15, 0.2) is 6.10 Å². The van der Waals surface area contributed by atoms with Gasteiger partial charge in [0.2, 0.25) is 0 Å². The largest absolute Gasteiger partial charge is 0.462 e. The molecule has 0 fully saturated rings. The number of carbonyl (C=O) groups is 3. The van der Waals surface area contributed by atoms with Gasteiger partial charge in [-0.3, -0.25) is 14.4 Å². The first-order valence-electron chi connectivity index (χ1n) is 36.1. The van der Waals surface area contributed by atoms with Crippen LogP contribution in [0.5, 0.6) is 0 Å². The van der Waals surface area contributed by atoms with E-state index >= 15 is 0 Å². The van der Waals surface area contributed by atoms with Crippen molar-refractivity contribution in [1.29, 1.82) is 0 Å². The van der Waals surface area contributed by atoms with E-state index in [0.717, 1.165) is 70.6 Å². The predicted molar refractivity (Wildman–Crippen MR) is 362 cm³/mol. The molecule has 0 radical (unpaired) electrons. The third-order valence-corrected chi connectivity index (χ3v) is 15.9. The van der Waals surface area contributed by atoms with Gasteiger partial charge in [0, 0.05) is 12.8 Å². The van der Waals surface area contributed by atoms with Crippen molar-refractivity contribution in [3.63, 3.8) is 0 Å². The number of rotatable bonds is 66. The highest BCUT2D eigenvalue weighted by molar-refractivity contribution is 5.72. The summed E-state index contributed by atoms with van der Waals surface area (Å²) in [4.78, 5) is 38.4. The van der Waals surface area contributed by atoms with Crippen molar-refractivity contribution in [3.8, 4) is 0 Å². The first kappa shape index (κ1) is 79.6. The zero-order valence-corrected chi connectivity index (χ0v) is 55.2. The van der Waals surface area contributed by atoms with Crippen LogP contribution in [0.25, 0.3) is 0 Å². The van der Waals surface area contributed by atoms with E-state index in [9.17, 15) is 14.4 Å². The minimum absolute atomic E-state index is 0.104. The van der Waals surface area contributed by atoms with Crippen molar-refractivity contribution < 1.29 is 28.6 Å². The van der Waals surface area contributed by atoms with Gasteiger partial charge in [-0.1, -0.05) is 337 Å². The minimum atomic E-state index is -0.818. The number of carbonyl (C=O) groups excluding carboxylic acids is 3. The zero-order valence-electron chi connectivity index (χ0n) is 55.2. The first-order chi connectivity index (χ1) is 41.0. The van der Waals surface area contributed by atoms with E-state index < -0.39 is 12.1 Å². The number of hydrogen-bond donors (Lipinski definition) is 0. The Hall–Kier alpha value is -3.41. The summed E-state index contributed by atoms with van der Waals surface area (Å²) in [6, 6.07) is 0. The average molecular weight is 1160 g/mol. The van der Waals surface area contributed by atoms with Crippen LogP contribution in [0, 0.1) is 0 Å². The summed E-state index contributed by atoms with van der Waals surface area (Å²) in [7, 11) is 0. The summed E-state index contributed by atoms with van der Waals surface area (Å²) in [6.07, 6.45) is 95.1. The number of allylic oxidation sites excluding steroid dienone is 13. The van der Waals surface area contributed by atoms with Crippen LogP contribution in [-0.2, 0) is 28.6 Å². The third kappa shape index (κ3) is 69.3. The molecule has 0 aromatic carbocycles. The lowest BCUT2D eigenvalue weighted by Gasteiger charge is -2.18. The molecule has 0 saturated heterocycles. The molecular formula is C77H136O6. The van der Waals surface area contributed by atoms with Crippen molar-refractivity contribution in [1.82, 2.24) is 0 Å². The van der Waals surface area contributed by atoms with Crippen LogP contribution in [0.1, 0.15) is 367 Å². The Kier molecular flexibility index (Phi) is 68.2. The molecule has 0 aliphatic rings. The topological polar surface area (TPSA) is 78.9 Å². The summed E-state index contributed by atoms with van der Waals surface area (Å²) in [5.41, 5.74) is 0. The van der Waals surface area contributed by atoms with Crippen molar-refractivity contribution in [3.05, 3.63) is 85.1 Å². The highest BCUT2D eigenvalue weighted by atomic mass is 16.6. The van der Waals surface area contributed by atoms with Crippen LogP contribution in [0.2, 0.25) is 0 Å². The van der Waals surface area contributed by atoms with Gasteiger partial charge in [0.1, 0.15) is 13.2 Å². The third-order valence-electron chi connectivity index (χ3n) is 15.9. The molecule has 6 heteroatoms. The van der Waals surface area contributed by atoms with Crippen molar-refractivity contribution in [2.45, 2.75) is 374 Å². The van der Waals surface area contributed by atoms with Crippen LogP contribution < -0.4 is 0 Å². The highest BCUT2D eigenvalue weighted by Gasteiger charge is 2.19. The van der Waals surface area contributed by atoms with Gasteiger partial charge >= 0.3 is 17.9 Å². The molecule has 1 unspecified atom stereocenters. The molecule has 0 aromatic heterocycles. The van der Waals surface area contributed by atoms with E-state index in [1.54, 1.807) is 0 Å². The Bertz CT molecular complexity index is 1570. The SMILES string of the molecule is CC/C=C\C/C=C\C/C=C\C/C=C\C/C=C\CC(=O)OCC(COC(=O)CCCCCCCCCCCCCCCCCCCCC/C=C\CCCCCCCCCC)OC(=O)CCCCCCCCCCC/C=C\CCCCCCCC. The standard InChI is InChI=1S/C77H136O6/c1-4-7-10-13-16-19-22-25-28-30-32-33-34-35-36-37-38-39-40-41-42-43-45-46-49-52-55-58-61-64-67-70-76(79)82-73-74(72-81-75(78)69-66-63-60-57-54-51-48-27-24-21-18-15-12-9-6-3)83-77(80)71-68-65-62-59-56-53-50-47-44-31-29-26-23-20-17-14-11-8-5-2/h9,12,18,21,26-27,29-30,32,48,54,57,63,66,74H,4-8,10-11,13-17,19-20,22-25,28,31,33-47,49-53,55-56,58-62,64-65,67-73H2,1-3H3/b12-9-,21-18-,29-26-,32-30-,48-27-,57-54-,66-63-. The zero-order chi connectivity index (χ0) is 59.9. The molecule has 83 heavy (non-hydrogen) atoms. The molecule has 0 aliphatic carbocycles. The molecule has 0 N–H and O–H groups in total. The van der Waals surface area contributed by atoms with Gasteiger partial charge < -0.3 is 14.2 Å². The molecule has 0 bridgehead atoms. The summed E-state index contributed by atoms with van der Waals surface area (Å²) < 4.78 is 16.9. The van der Waals surface area contributed by atoms with E-state index in [1.165, 1.54) is 257 Å². The second-order valence-corrected chi connectivity index (χ2v) is 24.1. The Labute approximate surface area is 515 Å². The van der Waals surface area contributed by atoms with Crippen molar-refractivity contribution in [2.24, 2.45) is 0 Å². The maximum Gasteiger partial charge on any atom is 0.309 e. The van der Waals surface area contributed by atoms with Gasteiger partial charge in [0.05, 0.1) is 6.42 Å². The second-order valence-electron chi connectivity index (χ2n) is 24.1. The molecule has 480 valence electrons. The quantitative estimate of drug-likeness (QED) is 0.0261. The molecule has 0 rings (SSSR count). The summed E-state index contributed by atoms with van der Waals surface area (Å²) in [5.74, 6) is -1.02. The minimum Gasteiger partial charge on any atom is -0.462 e. The fraction of sp³-hybridized carbons (Fsp3) is 0.779. The fourth-order valence-corrected chi connectivity index (χ4v) is 10.5. The summed E-state index contributed by atoms with van der Waals surface area (Å²) >= 11 is 0. The van der Waals surface area contributed by atoms with Gasteiger partial charge in [-0.25, -0.2) is 0 Å². The Morgan fingerprint density at radius 3 is 0.831 bits per heavy atom. The van der Waals surface area contributed by atoms with E-state index in [2.05, 4.69) is 93.7 Å². The predicted octanol–water partition coefficient (Wildman–Crippen LogP) is 25.0. The molecule has 0 heterocycles. The van der Waals surface area contributed by atoms with Gasteiger partial charge in [-0.2, -0.15) is 0 Å². The van der Waals surface area contributed by atoms with E-state index in [4.69, 9.17) is 14.2 Å². The normalized spacial score (nSPS) is 12.6. The molecule has 0 amide bonds. The molecule has 6 nitrogen and oxygen atoms in total. The van der Waals surface area contributed by atoms with Crippen LogP contribution in [-0.4, -0.2) is 37.2 Å². The van der Waals surface area contributed by atoms with Crippen LogP contribution >= 0.6 is 0 Å². The lowest BCUT2D eigenvalue weighted by molar-refractivity contribution is -0.166. The number of ether oxygens (including phenoxy) is 3. The van der Waals surface area contributed by atoms with Gasteiger partial charge in [-0.05, 0) is 96.3 Å². The lowest BCUT2D eigenvalue weighted by atomic mass is 10.0. The number of esters is 3. The van der Waals surface area contributed by atoms with Crippen LogP contribution in [0.15, 0.2) is 85.1 Å². The van der Waals surface area contributed by atoms with Crippen LogP contribution in [0.3, 0.4) is 0 Å². The molecule has 0 spiro atoms. The maximum absolute atomic E-state index is 12.9. The Balaban J connectivity index is 4.26. The monoisotopic (exact) mass is 1160 g/mol. The second kappa shape index (κ2) is 71.1. The molecule has 1 atom stereocenters. The summed E-state index contributed by atoms with van der Waals surface area (Å²) in [6.45, 7) is 6.48. The Morgan fingerprint density at radius 2 is 0.518 bits per heavy atom. The van der Waals surface area contributed by atoms with E-state index in [1.807, 2.05) is 12.2 Å². The molecule has 0 aromatic rings. The van der Waals surface area contributed by atoms with Crippen molar-refractivity contribution in [2.75, 3.05) is 13.2 Å². The number of unbranched alkanes of at least 4 members (excludes halogenated alkanes) is 42. The smallest absolute Gasteiger partial charge is 0.309 e. The molecule has 0 aliphatic heterocycles. The highest BCUT2D eigenvalue weighted by Crippen LogP contribution is 2.18. The fourth-order valence-electron chi connectivity index (χ4n) is 10.5. The lowest BCUT2D eigenvalue weighted by Crippen LogP contribution is -2.30. The number of hydrogen-bond acceptors (Lipinski definition) is 6. The van der Waals surface area contributed by atoms with Gasteiger partial charge in [0.25, 0.3) is 0 Å². The van der Waals surface area contributed by atoms with E-state index in [0.29, 0.717) is 12.8 Å². The van der Waals surface area contributed by atoms with Crippen molar-refractivity contribution >= 4 is 17.9 Å². The van der Waals surface area contributed by atoms with E-state index in [-0.39, 0.29) is 31.6 Å². The summed E-state index contributed by atoms with van der Waals surface area (Å²) in [5, 5.41) is 0. The van der Waals surface area contributed by atoms with Gasteiger partial charge in [-0.15, -0.1) is 0 Å². The molecular weight excluding hydrogens is 1020 g/mol. The average Bonchev–Trinajstić information content (AvgIpc) is 3.50. The first-order valence-corrected chi connectivity index (χ1v) is 36.1. The van der Waals surface area contributed by atoms with Crippen LogP contribution in [0.4, 0.5) is 0 Å². The maximum atomic E-state index is 12.9.